The van der Waals surface area contributed by atoms with Crippen molar-refractivity contribution in [2.75, 3.05) is 24.2 Å². The highest BCUT2D eigenvalue weighted by atomic mass is 35.5. The molecule has 0 unspecified atom stereocenters. The van der Waals surface area contributed by atoms with Gasteiger partial charge in [-0.25, -0.2) is 8.42 Å². The molecule has 1 aliphatic carbocycles. The number of hydrogen-bond donors (Lipinski definition) is 1. The summed E-state index contributed by atoms with van der Waals surface area (Å²) in [5.41, 5.74) is 0.854. The summed E-state index contributed by atoms with van der Waals surface area (Å²) in [7, 11) is -2.42. The Morgan fingerprint density at radius 2 is 1.76 bits per heavy atom. The van der Waals surface area contributed by atoms with Crippen molar-refractivity contribution in [3.8, 4) is 5.75 Å². The number of carbonyl (C=O) groups is 2. The summed E-state index contributed by atoms with van der Waals surface area (Å²) in [6, 6.07) is 10.7. The minimum atomic E-state index is -3.87. The Bertz CT molecular complexity index is 1220. The fourth-order valence-electron chi connectivity index (χ4n) is 4.39. The molecule has 0 bridgehead atoms. The Balaban J connectivity index is 1.90. The molecule has 0 spiro atoms. The van der Waals surface area contributed by atoms with E-state index in [1.165, 1.54) is 30.2 Å². The SMILES string of the molecule is COc1ccc(N(CC(=O)N(Cc2ccccc2Cl)[C@H](C)C(=O)NC2CCCCC2)S(C)(=O)=O)cc1Cl. The largest absolute Gasteiger partial charge is 0.495 e. The van der Waals surface area contributed by atoms with Gasteiger partial charge in [-0.15, -0.1) is 0 Å². The van der Waals surface area contributed by atoms with Crippen molar-refractivity contribution in [1.82, 2.24) is 10.2 Å². The van der Waals surface area contributed by atoms with E-state index in [-0.39, 0.29) is 29.2 Å². The molecular weight excluding hydrogens is 537 g/mol. The summed E-state index contributed by atoms with van der Waals surface area (Å²) in [5, 5.41) is 3.71. The Labute approximate surface area is 228 Å². The molecule has 0 aliphatic heterocycles. The molecule has 2 amide bonds. The Hall–Kier alpha value is -2.49. The predicted molar refractivity (Wildman–Crippen MR) is 147 cm³/mol. The van der Waals surface area contributed by atoms with Crippen molar-refractivity contribution in [3.05, 3.63) is 58.1 Å². The van der Waals surface area contributed by atoms with Gasteiger partial charge in [-0.3, -0.25) is 13.9 Å². The van der Waals surface area contributed by atoms with Gasteiger partial charge in [0.25, 0.3) is 0 Å². The summed E-state index contributed by atoms with van der Waals surface area (Å²) in [6.45, 7) is 1.16. The number of anilines is 1. The lowest BCUT2D eigenvalue weighted by Gasteiger charge is -2.33. The van der Waals surface area contributed by atoms with Crippen LogP contribution in [0.2, 0.25) is 10.0 Å². The van der Waals surface area contributed by atoms with Crippen molar-refractivity contribution in [2.45, 2.75) is 57.7 Å². The van der Waals surface area contributed by atoms with Crippen LogP contribution in [-0.4, -0.2) is 57.1 Å². The lowest BCUT2D eigenvalue weighted by Crippen LogP contribution is -2.53. The van der Waals surface area contributed by atoms with Crippen LogP contribution in [0.1, 0.15) is 44.6 Å². The topological polar surface area (TPSA) is 96.0 Å². The van der Waals surface area contributed by atoms with Gasteiger partial charge in [0.2, 0.25) is 21.8 Å². The van der Waals surface area contributed by atoms with Crippen molar-refractivity contribution in [2.24, 2.45) is 0 Å². The van der Waals surface area contributed by atoms with E-state index in [0.29, 0.717) is 16.3 Å². The lowest BCUT2D eigenvalue weighted by atomic mass is 9.95. The number of methoxy groups -OCH3 is 1. The number of ether oxygens (including phenoxy) is 1. The van der Waals surface area contributed by atoms with E-state index in [9.17, 15) is 18.0 Å². The van der Waals surface area contributed by atoms with Gasteiger partial charge in [-0.2, -0.15) is 0 Å². The first-order valence-corrected chi connectivity index (χ1v) is 14.8. The summed E-state index contributed by atoms with van der Waals surface area (Å²) < 4.78 is 31.5. The number of nitrogens with zero attached hydrogens (tertiary/aromatic N) is 2. The molecule has 3 rings (SSSR count). The van der Waals surface area contributed by atoms with Crippen molar-refractivity contribution < 1.29 is 22.7 Å². The molecule has 1 atom stereocenters. The maximum absolute atomic E-state index is 13.7. The third-order valence-electron chi connectivity index (χ3n) is 6.52. The van der Waals surface area contributed by atoms with E-state index in [2.05, 4.69) is 5.32 Å². The van der Waals surface area contributed by atoms with Crippen LogP contribution < -0.4 is 14.4 Å². The van der Waals surface area contributed by atoms with Gasteiger partial charge in [-0.1, -0.05) is 60.7 Å². The fraction of sp³-hybridized carbons (Fsp3) is 0.462. The monoisotopic (exact) mass is 569 g/mol. The third-order valence-corrected chi connectivity index (χ3v) is 8.32. The second-order valence-corrected chi connectivity index (χ2v) is 11.9. The quantitative estimate of drug-likeness (QED) is 0.449. The summed E-state index contributed by atoms with van der Waals surface area (Å²) >= 11 is 12.6. The van der Waals surface area contributed by atoms with Crippen molar-refractivity contribution >= 4 is 50.7 Å². The standard InChI is InChI=1S/C26H33Cl2N3O5S/c1-18(26(33)29-20-10-5-4-6-11-20)30(16-19-9-7-8-12-22(19)27)25(32)17-31(37(3,34)35)21-13-14-24(36-2)23(28)15-21/h7-9,12-15,18,20H,4-6,10-11,16-17H2,1-3H3,(H,29,33)/t18-/m1/s1. The maximum atomic E-state index is 13.7. The zero-order valence-corrected chi connectivity index (χ0v) is 23.6. The average Bonchev–Trinajstić information content (AvgIpc) is 2.86. The minimum Gasteiger partial charge on any atom is -0.495 e. The number of hydrogen-bond acceptors (Lipinski definition) is 5. The van der Waals surface area contributed by atoms with Gasteiger partial charge in [0, 0.05) is 17.6 Å². The van der Waals surface area contributed by atoms with E-state index in [0.717, 1.165) is 42.7 Å². The molecule has 1 saturated carbocycles. The first-order chi connectivity index (χ1) is 17.5. The van der Waals surface area contributed by atoms with Crippen molar-refractivity contribution in [1.29, 1.82) is 0 Å². The van der Waals surface area contributed by atoms with Crippen LogP contribution in [0.3, 0.4) is 0 Å². The molecule has 37 heavy (non-hydrogen) atoms. The molecule has 2 aromatic rings. The molecule has 202 valence electrons. The van der Waals surface area contributed by atoms with E-state index in [4.69, 9.17) is 27.9 Å². The van der Waals surface area contributed by atoms with Gasteiger partial charge in [0.1, 0.15) is 18.3 Å². The molecule has 0 heterocycles. The van der Waals surface area contributed by atoms with E-state index < -0.39 is 28.5 Å². The van der Waals surface area contributed by atoms with Gasteiger partial charge >= 0.3 is 0 Å². The molecule has 8 nitrogen and oxygen atoms in total. The number of halogens is 2. The van der Waals surface area contributed by atoms with Gasteiger partial charge in [0.15, 0.2) is 0 Å². The first kappa shape index (κ1) is 29.1. The smallest absolute Gasteiger partial charge is 0.244 e. The molecule has 0 saturated heterocycles. The predicted octanol–water partition coefficient (Wildman–Crippen LogP) is 4.63. The van der Waals surface area contributed by atoms with Crippen LogP contribution in [-0.2, 0) is 26.2 Å². The van der Waals surface area contributed by atoms with Crippen LogP contribution in [0.25, 0.3) is 0 Å². The number of benzene rings is 2. The van der Waals surface area contributed by atoms with Crippen LogP contribution >= 0.6 is 23.2 Å². The highest BCUT2D eigenvalue weighted by Crippen LogP contribution is 2.30. The molecule has 1 N–H and O–H groups in total. The van der Waals surface area contributed by atoms with Crippen LogP contribution in [0.15, 0.2) is 42.5 Å². The molecule has 11 heteroatoms. The van der Waals surface area contributed by atoms with Crippen molar-refractivity contribution in [3.63, 3.8) is 0 Å². The Kier molecular flexibility index (Phi) is 10.1. The number of sulfonamides is 1. The summed E-state index contributed by atoms with van der Waals surface area (Å²) in [5.74, 6) is -0.465. The first-order valence-electron chi connectivity index (χ1n) is 12.2. The normalized spacial score (nSPS) is 15.1. The van der Waals surface area contributed by atoms with E-state index in [1.54, 1.807) is 31.2 Å². The van der Waals surface area contributed by atoms with Crippen LogP contribution in [0.5, 0.6) is 5.75 Å². The van der Waals surface area contributed by atoms with E-state index in [1.807, 2.05) is 0 Å². The van der Waals surface area contributed by atoms with Gasteiger partial charge < -0.3 is 15.0 Å². The third kappa shape index (κ3) is 7.75. The molecule has 1 fully saturated rings. The minimum absolute atomic E-state index is 0.0404. The average molecular weight is 571 g/mol. The molecule has 0 aromatic heterocycles. The number of rotatable bonds is 10. The molecule has 1 aliphatic rings. The van der Waals surface area contributed by atoms with Gasteiger partial charge in [-0.05, 0) is 49.6 Å². The zero-order chi connectivity index (χ0) is 27.2. The van der Waals surface area contributed by atoms with Gasteiger partial charge in [0.05, 0.1) is 24.1 Å². The lowest BCUT2D eigenvalue weighted by molar-refractivity contribution is -0.139. The number of nitrogens with one attached hydrogen (secondary N) is 1. The van der Waals surface area contributed by atoms with Crippen LogP contribution in [0, 0.1) is 0 Å². The highest BCUT2D eigenvalue weighted by molar-refractivity contribution is 7.92. The zero-order valence-electron chi connectivity index (χ0n) is 21.2. The fourth-order valence-corrected chi connectivity index (χ4v) is 5.67. The maximum Gasteiger partial charge on any atom is 0.244 e. The molecule has 2 aromatic carbocycles. The number of carbonyl (C=O) groups excluding carboxylic acids is 2. The van der Waals surface area contributed by atoms with E-state index >= 15 is 0 Å². The van der Waals surface area contributed by atoms with Crippen LogP contribution in [0.4, 0.5) is 5.69 Å². The highest BCUT2D eigenvalue weighted by Gasteiger charge is 2.31. The Morgan fingerprint density at radius 3 is 2.35 bits per heavy atom. The summed E-state index contributed by atoms with van der Waals surface area (Å²) in [6.07, 6.45) is 6.06. The Morgan fingerprint density at radius 1 is 1.08 bits per heavy atom. The molecular formula is C26H33Cl2N3O5S. The number of amides is 2. The summed E-state index contributed by atoms with van der Waals surface area (Å²) in [4.78, 5) is 28.2. The molecule has 0 radical (unpaired) electrons. The second kappa shape index (κ2) is 12.8. The second-order valence-electron chi connectivity index (χ2n) is 9.22.